The van der Waals surface area contributed by atoms with Gasteiger partial charge in [-0.1, -0.05) is 17.8 Å². The summed E-state index contributed by atoms with van der Waals surface area (Å²) in [6, 6.07) is 28.6. The van der Waals surface area contributed by atoms with Gasteiger partial charge in [-0.2, -0.15) is 0 Å². The summed E-state index contributed by atoms with van der Waals surface area (Å²) in [6.07, 6.45) is 5.43. The van der Waals surface area contributed by atoms with E-state index in [2.05, 4.69) is 62.0 Å². The van der Waals surface area contributed by atoms with Crippen LogP contribution in [0.3, 0.4) is 0 Å². The van der Waals surface area contributed by atoms with Crippen molar-refractivity contribution in [3.8, 4) is 5.69 Å². The highest BCUT2D eigenvalue weighted by molar-refractivity contribution is 7.99. The zero-order valence-electron chi connectivity index (χ0n) is 21.4. The maximum absolute atomic E-state index is 11.0. The number of thiocarbonyl (C=S) groups is 1. The Morgan fingerprint density at radius 3 is 2.30 bits per heavy atom. The van der Waals surface area contributed by atoms with Gasteiger partial charge in [0.15, 0.2) is 5.11 Å². The van der Waals surface area contributed by atoms with Gasteiger partial charge in [0.25, 0.3) is 5.69 Å². The Bertz CT molecular complexity index is 1660. The lowest BCUT2D eigenvalue weighted by molar-refractivity contribution is -0.384. The second-order valence-electron chi connectivity index (χ2n) is 9.29. The Labute approximate surface area is 240 Å². The summed E-state index contributed by atoms with van der Waals surface area (Å²) < 4.78 is 2.22. The predicted molar refractivity (Wildman–Crippen MR) is 160 cm³/mol. The van der Waals surface area contributed by atoms with E-state index in [1.54, 1.807) is 36.3 Å². The second kappa shape index (κ2) is 10.9. The quantitative estimate of drug-likeness (QED) is 0.131. The molecule has 5 aromatic rings. The van der Waals surface area contributed by atoms with E-state index in [0.29, 0.717) is 5.11 Å². The van der Waals surface area contributed by atoms with Crippen molar-refractivity contribution in [1.29, 1.82) is 0 Å². The van der Waals surface area contributed by atoms with Crippen molar-refractivity contribution < 1.29 is 4.92 Å². The number of non-ortho nitro benzene ring substituents is 1. The topological polar surface area (TPSA) is 89.1 Å². The lowest BCUT2D eigenvalue weighted by Crippen LogP contribution is -2.30. The summed E-state index contributed by atoms with van der Waals surface area (Å²) in [4.78, 5) is 23.7. The molecule has 6 rings (SSSR count). The average Bonchev–Trinajstić information content (AvgIpc) is 3.53. The molecule has 2 atom stereocenters. The number of rotatable bonds is 7. The van der Waals surface area contributed by atoms with Gasteiger partial charge >= 0.3 is 0 Å². The molecule has 2 unspecified atom stereocenters. The number of pyridine rings is 2. The molecule has 8 nitrogen and oxygen atoms in total. The van der Waals surface area contributed by atoms with Crippen LogP contribution in [-0.2, 0) is 0 Å². The fourth-order valence-electron chi connectivity index (χ4n) is 5.01. The van der Waals surface area contributed by atoms with Crippen LogP contribution in [0.5, 0.6) is 0 Å². The monoisotopic (exact) mass is 564 g/mol. The maximum Gasteiger partial charge on any atom is 0.269 e. The standard InChI is InChI=1S/C30H24N6O2S2/c1-20-7-16-27(34(20)23-5-4-17-31-19-23)29-28(26-6-2-3-18-32-26)33-30(39)35(29)21-8-12-24(13-9-21)40-25-14-10-22(11-15-25)36(37)38/h2-19,28-29H,1H3,(H,33,39). The van der Waals surface area contributed by atoms with Crippen LogP contribution in [0.1, 0.15) is 29.2 Å². The van der Waals surface area contributed by atoms with Crippen LogP contribution in [0.15, 0.2) is 119 Å². The molecule has 2 aromatic carbocycles. The molecule has 3 aromatic heterocycles. The van der Waals surface area contributed by atoms with Gasteiger partial charge in [-0.3, -0.25) is 20.1 Å². The number of nitro groups is 1. The summed E-state index contributed by atoms with van der Waals surface area (Å²) >= 11 is 7.47. The minimum absolute atomic E-state index is 0.0783. The number of hydrogen-bond acceptors (Lipinski definition) is 6. The van der Waals surface area contributed by atoms with Gasteiger partial charge in [-0.25, -0.2) is 0 Å². The third-order valence-electron chi connectivity index (χ3n) is 6.81. The molecule has 0 spiro atoms. The van der Waals surface area contributed by atoms with Gasteiger partial charge in [-0.15, -0.1) is 0 Å². The highest BCUT2D eigenvalue weighted by atomic mass is 32.2. The van der Waals surface area contributed by atoms with Crippen LogP contribution in [0.2, 0.25) is 0 Å². The Morgan fingerprint density at radius 2 is 1.65 bits per heavy atom. The average molecular weight is 565 g/mol. The first-order valence-electron chi connectivity index (χ1n) is 12.6. The van der Waals surface area contributed by atoms with Crippen molar-refractivity contribution in [2.24, 2.45) is 0 Å². The molecule has 4 heterocycles. The van der Waals surface area contributed by atoms with Crippen LogP contribution >= 0.6 is 24.0 Å². The second-order valence-corrected chi connectivity index (χ2v) is 10.8. The molecule has 0 amide bonds. The molecule has 1 fully saturated rings. The molecule has 0 saturated carbocycles. The zero-order chi connectivity index (χ0) is 27.6. The number of benzene rings is 2. The summed E-state index contributed by atoms with van der Waals surface area (Å²) in [6.45, 7) is 2.08. The number of nitrogens with one attached hydrogen (secondary N) is 1. The van der Waals surface area contributed by atoms with Crippen LogP contribution in [0, 0.1) is 17.0 Å². The molecule has 0 radical (unpaired) electrons. The molecule has 1 aliphatic rings. The molecule has 0 bridgehead atoms. The van der Waals surface area contributed by atoms with Crippen molar-refractivity contribution in [2.75, 3.05) is 4.90 Å². The van der Waals surface area contributed by atoms with Gasteiger partial charge < -0.3 is 14.8 Å². The first-order chi connectivity index (χ1) is 19.5. The number of nitrogens with zero attached hydrogens (tertiary/aromatic N) is 5. The SMILES string of the molecule is Cc1ccc(C2C(c3ccccn3)NC(=S)N2c2ccc(Sc3ccc([N+](=O)[O-])cc3)cc2)n1-c1cccnc1. The first kappa shape index (κ1) is 25.7. The molecule has 0 aliphatic carbocycles. The lowest BCUT2D eigenvalue weighted by Gasteiger charge is -2.29. The highest BCUT2D eigenvalue weighted by Crippen LogP contribution is 2.43. The van der Waals surface area contributed by atoms with E-state index in [1.807, 2.05) is 42.6 Å². The van der Waals surface area contributed by atoms with Crippen LogP contribution < -0.4 is 10.2 Å². The number of aryl methyl sites for hydroxylation is 1. The van der Waals surface area contributed by atoms with Gasteiger partial charge in [0.2, 0.25) is 0 Å². The smallest absolute Gasteiger partial charge is 0.269 e. The Kier molecular flexibility index (Phi) is 7.02. The molecule has 1 N–H and O–H groups in total. The molecular formula is C30H24N6O2S2. The van der Waals surface area contributed by atoms with Gasteiger partial charge in [0.1, 0.15) is 6.04 Å². The largest absolute Gasteiger partial charge is 0.351 e. The van der Waals surface area contributed by atoms with E-state index in [0.717, 1.165) is 38.2 Å². The van der Waals surface area contributed by atoms with Crippen molar-refractivity contribution in [3.63, 3.8) is 0 Å². The number of nitro benzene ring substituents is 1. The van der Waals surface area contributed by atoms with Crippen molar-refractivity contribution >= 4 is 40.5 Å². The fourth-order valence-corrected chi connectivity index (χ4v) is 6.17. The Hall–Kier alpha value is -4.54. The first-order valence-corrected chi connectivity index (χ1v) is 13.8. The van der Waals surface area contributed by atoms with Gasteiger partial charge in [0, 0.05) is 51.4 Å². The fraction of sp³-hybridized carbons (Fsp3) is 0.100. The van der Waals surface area contributed by atoms with E-state index in [1.165, 1.54) is 12.1 Å². The summed E-state index contributed by atoms with van der Waals surface area (Å²) in [5, 5.41) is 15.1. The van der Waals surface area contributed by atoms with E-state index >= 15 is 0 Å². The highest BCUT2D eigenvalue weighted by Gasteiger charge is 2.42. The van der Waals surface area contributed by atoms with E-state index in [9.17, 15) is 10.1 Å². The summed E-state index contributed by atoms with van der Waals surface area (Å²) in [5.41, 5.74) is 5.07. The third-order valence-corrected chi connectivity index (χ3v) is 8.14. The van der Waals surface area contributed by atoms with Crippen molar-refractivity contribution in [2.45, 2.75) is 28.8 Å². The normalized spacial score (nSPS) is 16.6. The summed E-state index contributed by atoms with van der Waals surface area (Å²) in [5.74, 6) is 0. The minimum Gasteiger partial charge on any atom is -0.351 e. The number of aromatic nitrogens is 3. The number of anilines is 1. The molecule has 10 heteroatoms. The summed E-state index contributed by atoms with van der Waals surface area (Å²) in [7, 11) is 0. The predicted octanol–water partition coefficient (Wildman–Crippen LogP) is 6.81. The van der Waals surface area contributed by atoms with E-state index in [-0.39, 0.29) is 17.8 Å². The zero-order valence-corrected chi connectivity index (χ0v) is 23.0. The maximum atomic E-state index is 11.0. The molecule has 40 heavy (non-hydrogen) atoms. The van der Waals surface area contributed by atoms with Gasteiger partial charge in [-0.05, 0) is 91.9 Å². The van der Waals surface area contributed by atoms with E-state index < -0.39 is 4.92 Å². The van der Waals surface area contributed by atoms with Crippen molar-refractivity contribution in [1.82, 2.24) is 19.9 Å². The van der Waals surface area contributed by atoms with Crippen molar-refractivity contribution in [3.05, 3.63) is 137 Å². The van der Waals surface area contributed by atoms with Crippen LogP contribution in [-0.4, -0.2) is 24.6 Å². The van der Waals surface area contributed by atoms with E-state index in [4.69, 9.17) is 12.2 Å². The molecular weight excluding hydrogens is 541 g/mol. The Balaban J connectivity index is 1.37. The minimum atomic E-state index is -0.392. The molecule has 1 saturated heterocycles. The van der Waals surface area contributed by atoms with Gasteiger partial charge in [0.05, 0.1) is 28.5 Å². The molecule has 1 aliphatic heterocycles. The van der Waals surface area contributed by atoms with Crippen LogP contribution in [0.25, 0.3) is 5.69 Å². The van der Waals surface area contributed by atoms with Crippen LogP contribution in [0.4, 0.5) is 11.4 Å². The lowest BCUT2D eigenvalue weighted by atomic mass is 10.0. The third kappa shape index (κ3) is 4.94. The number of hydrogen-bond donors (Lipinski definition) is 1. The molecule has 198 valence electrons. The Morgan fingerprint density at radius 1 is 0.900 bits per heavy atom.